The first-order chi connectivity index (χ1) is 13.2. The number of methoxy groups -OCH3 is 1. The number of ether oxygens (including phenoxy) is 3. The summed E-state index contributed by atoms with van der Waals surface area (Å²) in [6.07, 6.45) is 2.22. The average molecular weight is 371 g/mol. The Morgan fingerprint density at radius 2 is 2.00 bits per heavy atom. The number of amides is 1. The van der Waals surface area contributed by atoms with Gasteiger partial charge in [-0.2, -0.15) is 15.0 Å². The van der Waals surface area contributed by atoms with Crippen molar-refractivity contribution < 1.29 is 19.0 Å². The summed E-state index contributed by atoms with van der Waals surface area (Å²) in [7, 11) is 1.51. The van der Waals surface area contributed by atoms with Crippen LogP contribution in [0.4, 0.5) is 5.95 Å². The van der Waals surface area contributed by atoms with Gasteiger partial charge in [-0.15, -0.1) is 0 Å². The number of hydrogen-bond donors (Lipinski definition) is 1. The van der Waals surface area contributed by atoms with Crippen LogP contribution < -0.4 is 24.4 Å². The summed E-state index contributed by atoms with van der Waals surface area (Å²) in [4.78, 5) is 27.7. The Bertz CT molecular complexity index is 838. The van der Waals surface area contributed by atoms with E-state index in [2.05, 4.69) is 25.2 Å². The molecule has 1 N–H and O–H groups in total. The number of para-hydroxylation sites is 1. The van der Waals surface area contributed by atoms with Crippen LogP contribution in [0.15, 0.2) is 18.2 Å². The van der Waals surface area contributed by atoms with E-state index in [1.165, 1.54) is 7.11 Å². The number of nitrogens with one attached hydrogen (secondary N) is 1. The predicted molar refractivity (Wildman–Crippen MR) is 96.4 cm³/mol. The fourth-order valence-electron chi connectivity index (χ4n) is 3.12. The highest BCUT2D eigenvalue weighted by molar-refractivity contribution is 5.97. The Balaban J connectivity index is 1.50. The molecule has 0 atom stereocenters. The van der Waals surface area contributed by atoms with E-state index < -0.39 is 0 Å². The van der Waals surface area contributed by atoms with Crippen LogP contribution in [0.1, 0.15) is 29.0 Å². The average Bonchev–Trinajstić information content (AvgIpc) is 3.26. The smallest absolute Gasteiger partial charge is 0.321 e. The second-order valence-electron chi connectivity index (χ2n) is 6.24. The number of carbonyl (C=O) groups is 1. The normalized spacial score (nSPS) is 15.5. The quantitative estimate of drug-likeness (QED) is 0.837. The van der Waals surface area contributed by atoms with Gasteiger partial charge < -0.3 is 24.4 Å². The van der Waals surface area contributed by atoms with Crippen LogP contribution in [-0.4, -0.2) is 54.3 Å². The molecule has 2 aromatic rings. The van der Waals surface area contributed by atoms with Gasteiger partial charge in [-0.25, -0.2) is 0 Å². The molecule has 1 saturated heterocycles. The van der Waals surface area contributed by atoms with Gasteiger partial charge in [0.05, 0.1) is 19.2 Å². The molecule has 142 valence electrons. The van der Waals surface area contributed by atoms with Gasteiger partial charge in [-0.05, 0) is 25.0 Å². The Morgan fingerprint density at radius 3 is 2.81 bits per heavy atom. The minimum absolute atomic E-state index is 0.156. The summed E-state index contributed by atoms with van der Waals surface area (Å²) < 4.78 is 16.3. The van der Waals surface area contributed by atoms with Crippen molar-refractivity contribution >= 4 is 11.9 Å². The van der Waals surface area contributed by atoms with E-state index in [0.29, 0.717) is 42.0 Å². The molecule has 1 amide bonds. The maximum Gasteiger partial charge on any atom is 0.321 e. The number of carbonyl (C=O) groups excluding carboxylic acids is 1. The Kier molecular flexibility index (Phi) is 4.91. The number of hydrogen-bond acceptors (Lipinski definition) is 8. The molecule has 0 unspecified atom stereocenters. The summed E-state index contributed by atoms with van der Waals surface area (Å²) in [5.74, 6) is 1.79. The van der Waals surface area contributed by atoms with E-state index >= 15 is 0 Å². The van der Waals surface area contributed by atoms with Gasteiger partial charge in [0.1, 0.15) is 13.2 Å². The molecule has 0 aliphatic carbocycles. The molecular weight excluding hydrogens is 350 g/mol. The first kappa shape index (κ1) is 17.3. The maximum absolute atomic E-state index is 12.6. The van der Waals surface area contributed by atoms with Crippen LogP contribution in [0.2, 0.25) is 0 Å². The summed E-state index contributed by atoms with van der Waals surface area (Å²) in [6.45, 7) is 2.87. The maximum atomic E-state index is 12.6. The third-order valence-electron chi connectivity index (χ3n) is 4.44. The van der Waals surface area contributed by atoms with E-state index in [9.17, 15) is 4.79 Å². The molecule has 2 aliphatic heterocycles. The fraction of sp³-hybridized carbons (Fsp3) is 0.444. The van der Waals surface area contributed by atoms with Crippen LogP contribution in [-0.2, 0) is 6.54 Å². The van der Waals surface area contributed by atoms with E-state index in [0.717, 1.165) is 25.9 Å². The zero-order chi connectivity index (χ0) is 18.6. The highest BCUT2D eigenvalue weighted by Crippen LogP contribution is 2.33. The Morgan fingerprint density at radius 1 is 1.19 bits per heavy atom. The van der Waals surface area contributed by atoms with Crippen LogP contribution >= 0.6 is 0 Å². The van der Waals surface area contributed by atoms with Gasteiger partial charge in [-0.1, -0.05) is 6.07 Å². The van der Waals surface area contributed by atoms with Crippen molar-refractivity contribution in [1.82, 2.24) is 20.3 Å². The zero-order valence-electron chi connectivity index (χ0n) is 15.1. The van der Waals surface area contributed by atoms with Crippen LogP contribution in [0.5, 0.6) is 17.5 Å². The van der Waals surface area contributed by atoms with Gasteiger partial charge in [0, 0.05) is 13.1 Å². The predicted octanol–water partition coefficient (Wildman–Crippen LogP) is 1.18. The molecule has 9 nitrogen and oxygen atoms in total. The second-order valence-corrected chi connectivity index (χ2v) is 6.24. The lowest BCUT2D eigenvalue weighted by molar-refractivity contribution is 0.0938. The van der Waals surface area contributed by atoms with Crippen molar-refractivity contribution in [3.05, 3.63) is 29.6 Å². The molecule has 3 heterocycles. The van der Waals surface area contributed by atoms with Crippen LogP contribution in [0, 0.1) is 0 Å². The van der Waals surface area contributed by atoms with Gasteiger partial charge in [0.25, 0.3) is 5.91 Å². The Hall–Kier alpha value is -3.10. The van der Waals surface area contributed by atoms with Crippen molar-refractivity contribution in [2.45, 2.75) is 19.4 Å². The molecule has 1 aromatic heterocycles. The van der Waals surface area contributed by atoms with Crippen LogP contribution in [0.25, 0.3) is 0 Å². The Labute approximate surface area is 156 Å². The number of rotatable bonds is 5. The van der Waals surface area contributed by atoms with Crippen molar-refractivity contribution in [3.63, 3.8) is 0 Å². The topological polar surface area (TPSA) is 98.7 Å². The molecule has 0 saturated carbocycles. The third-order valence-corrected chi connectivity index (χ3v) is 4.44. The SMILES string of the molecule is COc1nc(CNC(=O)c2cccc3c2OCCO3)nc(N2CCCC2)n1. The van der Waals surface area contributed by atoms with E-state index in [1.54, 1.807) is 18.2 Å². The third kappa shape index (κ3) is 3.71. The van der Waals surface area contributed by atoms with E-state index in [1.807, 2.05) is 0 Å². The molecular formula is C18H21N5O4. The van der Waals surface area contributed by atoms with Gasteiger partial charge in [0.2, 0.25) is 5.95 Å². The molecule has 2 aliphatic rings. The molecule has 0 bridgehead atoms. The monoisotopic (exact) mass is 371 g/mol. The number of benzene rings is 1. The van der Waals surface area contributed by atoms with Gasteiger partial charge in [0.15, 0.2) is 17.3 Å². The first-order valence-corrected chi connectivity index (χ1v) is 8.95. The number of fused-ring (bicyclic) bond motifs is 1. The van der Waals surface area contributed by atoms with Crippen molar-refractivity contribution in [1.29, 1.82) is 0 Å². The highest BCUT2D eigenvalue weighted by atomic mass is 16.6. The molecule has 0 spiro atoms. The molecule has 1 aromatic carbocycles. The lowest BCUT2D eigenvalue weighted by atomic mass is 10.1. The number of nitrogens with zero attached hydrogens (tertiary/aromatic N) is 4. The standard InChI is InChI=1S/C18H21N5O4/c1-25-18-21-14(20-17(22-18)23-7-2-3-8-23)11-19-16(24)12-5-4-6-13-15(12)27-10-9-26-13/h4-6H,2-3,7-11H2,1H3,(H,19,24). The molecule has 0 radical (unpaired) electrons. The molecule has 4 rings (SSSR count). The van der Waals surface area contributed by atoms with E-state index in [-0.39, 0.29) is 18.5 Å². The van der Waals surface area contributed by atoms with Crippen molar-refractivity contribution in [3.8, 4) is 17.5 Å². The lowest BCUT2D eigenvalue weighted by Gasteiger charge is -2.20. The summed E-state index contributed by atoms with van der Waals surface area (Å²) in [5, 5.41) is 2.83. The van der Waals surface area contributed by atoms with E-state index in [4.69, 9.17) is 14.2 Å². The summed E-state index contributed by atoms with van der Waals surface area (Å²) >= 11 is 0. The van der Waals surface area contributed by atoms with Crippen molar-refractivity contribution in [2.75, 3.05) is 38.3 Å². The second kappa shape index (κ2) is 7.65. The first-order valence-electron chi connectivity index (χ1n) is 8.95. The van der Waals surface area contributed by atoms with Gasteiger partial charge in [-0.3, -0.25) is 4.79 Å². The fourth-order valence-corrected chi connectivity index (χ4v) is 3.12. The molecule has 27 heavy (non-hydrogen) atoms. The largest absolute Gasteiger partial charge is 0.486 e. The minimum Gasteiger partial charge on any atom is -0.486 e. The summed E-state index contributed by atoms with van der Waals surface area (Å²) in [6, 6.07) is 5.49. The van der Waals surface area contributed by atoms with Crippen molar-refractivity contribution in [2.24, 2.45) is 0 Å². The van der Waals surface area contributed by atoms with Gasteiger partial charge >= 0.3 is 6.01 Å². The minimum atomic E-state index is -0.278. The zero-order valence-corrected chi connectivity index (χ0v) is 15.1. The lowest BCUT2D eigenvalue weighted by Crippen LogP contribution is -2.27. The highest BCUT2D eigenvalue weighted by Gasteiger charge is 2.21. The molecule has 1 fully saturated rings. The number of aromatic nitrogens is 3. The van der Waals surface area contributed by atoms with Crippen LogP contribution in [0.3, 0.4) is 0 Å². The molecule has 9 heteroatoms. The number of anilines is 1. The summed E-state index contributed by atoms with van der Waals surface area (Å²) in [5.41, 5.74) is 0.424.